The molecule has 3 heteroatoms. The molecule has 2 aliphatic rings. The quantitative estimate of drug-likeness (QED) is 0.925. The monoisotopic (exact) mass is 287 g/mol. The molecular formula is C18H25NO2. The maximum Gasteiger partial charge on any atom is 0.222 e. The Labute approximate surface area is 127 Å². The van der Waals surface area contributed by atoms with Crippen molar-refractivity contribution in [2.24, 2.45) is 5.41 Å². The summed E-state index contributed by atoms with van der Waals surface area (Å²) in [6.45, 7) is 3.97. The first kappa shape index (κ1) is 14.6. The number of nitrogens with zero attached hydrogens (tertiary/aromatic N) is 1. The maximum atomic E-state index is 12.3. The number of amides is 1. The molecule has 0 spiro atoms. The van der Waals surface area contributed by atoms with Gasteiger partial charge < -0.3 is 10.0 Å². The summed E-state index contributed by atoms with van der Waals surface area (Å²) in [5, 5.41) is 9.66. The van der Waals surface area contributed by atoms with Crippen molar-refractivity contribution in [3.8, 4) is 0 Å². The molecule has 114 valence electrons. The topological polar surface area (TPSA) is 40.5 Å². The Bertz CT molecular complexity index is 504. The van der Waals surface area contributed by atoms with Crippen molar-refractivity contribution >= 4 is 5.91 Å². The Morgan fingerprint density at radius 3 is 2.48 bits per heavy atom. The van der Waals surface area contributed by atoms with Gasteiger partial charge in [-0.05, 0) is 24.8 Å². The van der Waals surface area contributed by atoms with Gasteiger partial charge in [0.15, 0.2) is 0 Å². The number of carbonyl (C=O) groups excluding carboxylic acids is 1. The molecule has 1 aliphatic heterocycles. The van der Waals surface area contributed by atoms with Crippen molar-refractivity contribution in [3.05, 3.63) is 35.9 Å². The van der Waals surface area contributed by atoms with Gasteiger partial charge in [0.1, 0.15) is 0 Å². The van der Waals surface area contributed by atoms with E-state index >= 15 is 0 Å². The third-order valence-electron chi connectivity index (χ3n) is 5.53. The second-order valence-electron chi connectivity index (χ2n) is 7.19. The van der Waals surface area contributed by atoms with E-state index in [2.05, 4.69) is 31.2 Å². The summed E-state index contributed by atoms with van der Waals surface area (Å²) >= 11 is 0. The fourth-order valence-corrected chi connectivity index (χ4v) is 3.80. The molecule has 3 rings (SSSR count). The molecule has 0 unspecified atom stereocenters. The number of rotatable bonds is 4. The lowest BCUT2D eigenvalue weighted by molar-refractivity contribution is -0.139. The standard InChI is InChI=1S/C18H25NO2/c1-17(15-6-3-2-4-7-15)11-8-16(21)19(12-17)13-18(14-20)9-5-10-18/h2-4,6-7,20H,5,8-14H2,1H3/t17-/m0/s1. The number of aliphatic hydroxyl groups excluding tert-OH is 1. The van der Waals surface area contributed by atoms with Crippen molar-refractivity contribution in [2.45, 2.75) is 44.4 Å². The molecule has 1 N–H and O–H groups in total. The highest BCUT2D eigenvalue weighted by molar-refractivity contribution is 5.77. The molecule has 1 amide bonds. The summed E-state index contributed by atoms with van der Waals surface area (Å²) in [7, 11) is 0. The van der Waals surface area contributed by atoms with Gasteiger partial charge in [-0.25, -0.2) is 0 Å². The van der Waals surface area contributed by atoms with E-state index in [-0.39, 0.29) is 23.3 Å². The fraction of sp³-hybridized carbons (Fsp3) is 0.611. The second kappa shape index (κ2) is 5.45. The third kappa shape index (κ3) is 2.71. The lowest BCUT2D eigenvalue weighted by Gasteiger charge is -2.48. The van der Waals surface area contributed by atoms with Crippen LogP contribution >= 0.6 is 0 Å². The Balaban J connectivity index is 1.77. The molecule has 1 heterocycles. The van der Waals surface area contributed by atoms with E-state index < -0.39 is 0 Å². The van der Waals surface area contributed by atoms with Crippen LogP contribution in [0.1, 0.15) is 44.6 Å². The van der Waals surface area contributed by atoms with Crippen molar-refractivity contribution in [1.82, 2.24) is 4.90 Å². The van der Waals surface area contributed by atoms with Gasteiger partial charge in [-0.15, -0.1) is 0 Å². The predicted molar refractivity (Wildman–Crippen MR) is 83.0 cm³/mol. The maximum absolute atomic E-state index is 12.3. The molecule has 1 aromatic carbocycles. The van der Waals surface area contributed by atoms with Gasteiger partial charge >= 0.3 is 0 Å². The lowest BCUT2D eigenvalue weighted by atomic mass is 9.68. The van der Waals surface area contributed by atoms with Gasteiger partial charge in [0.2, 0.25) is 5.91 Å². The number of carbonyl (C=O) groups is 1. The van der Waals surface area contributed by atoms with E-state index in [1.807, 2.05) is 11.0 Å². The molecule has 3 nitrogen and oxygen atoms in total. The van der Waals surface area contributed by atoms with Crippen LogP contribution in [0.4, 0.5) is 0 Å². The van der Waals surface area contributed by atoms with E-state index in [1.165, 1.54) is 12.0 Å². The van der Waals surface area contributed by atoms with Crippen LogP contribution in [0.25, 0.3) is 0 Å². The van der Waals surface area contributed by atoms with Crippen molar-refractivity contribution in [3.63, 3.8) is 0 Å². The van der Waals surface area contributed by atoms with Crippen LogP contribution in [0.5, 0.6) is 0 Å². The number of hydrogen-bond acceptors (Lipinski definition) is 2. The average molecular weight is 287 g/mol. The summed E-state index contributed by atoms with van der Waals surface area (Å²) in [4.78, 5) is 14.3. The highest BCUT2D eigenvalue weighted by atomic mass is 16.3. The summed E-state index contributed by atoms with van der Waals surface area (Å²) < 4.78 is 0. The molecule has 1 atom stereocenters. The van der Waals surface area contributed by atoms with Gasteiger partial charge in [0.25, 0.3) is 0 Å². The first-order valence-corrected chi connectivity index (χ1v) is 8.01. The molecule has 21 heavy (non-hydrogen) atoms. The molecular weight excluding hydrogens is 262 g/mol. The second-order valence-corrected chi connectivity index (χ2v) is 7.19. The molecule has 0 aromatic heterocycles. The largest absolute Gasteiger partial charge is 0.396 e. The first-order valence-electron chi connectivity index (χ1n) is 8.01. The number of aliphatic hydroxyl groups is 1. The number of piperidine rings is 1. The van der Waals surface area contributed by atoms with Crippen LogP contribution in [0.3, 0.4) is 0 Å². The van der Waals surface area contributed by atoms with Crippen LogP contribution in [0.2, 0.25) is 0 Å². The minimum absolute atomic E-state index is 0.0232. The number of hydrogen-bond donors (Lipinski definition) is 1. The summed E-state index contributed by atoms with van der Waals surface area (Å²) in [5.41, 5.74) is 1.33. The van der Waals surface area contributed by atoms with Crippen molar-refractivity contribution < 1.29 is 9.90 Å². The molecule has 1 aromatic rings. The van der Waals surface area contributed by atoms with E-state index in [9.17, 15) is 9.90 Å². The van der Waals surface area contributed by atoms with E-state index in [0.717, 1.165) is 32.4 Å². The highest BCUT2D eigenvalue weighted by Gasteiger charge is 2.43. The van der Waals surface area contributed by atoms with Crippen molar-refractivity contribution in [2.75, 3.05) is 19.7 Å². The number of benzene rings is 1. The Morgan fingerprint density at radius 1 is 1.19 bits per heavy atom. The van der Waals surface area contributed by atoms with E-state index in [1.54, 1.807) is 0 Å². The van der Waals surface area contributed by atoms with Crippen LogP contribution < -0.4 is 0 Å². The minimum atomic E-state index is -0.0232. The Hall–Kier alpha value is -1.35. The smallest absolute Gasteiger partial charge is 0.222 e. The molecule has 0 radical (unpaired) electrons. The zero-order chi connectivity index (χ0) is 14.9. The summed E-state index contributed by atoms with van der Waals surface area (Å²) in [5.74, 6) is 0.253. The van der Waals surface area contributed by atoms with Gasteiger partial charge in [0.05, 0.1) is 6.61 Å². The molecule has 1 saturated carbocycles. The van der Waals surface area contributed by atoms with Gasteiger partial charge in [0, 0.05) is 30.3 Å². The third-order valence-corrected chi connectivity index (χ3v) is 5.53. The lowest BCUT2D eigenvalue weighted by Crippen LogP contribution is -2.53. The van der Waals surface area contributed by atoms with Gasteiger partial charge in [-0.2, -0.15) is 0 Å². The van der Waals surface area contributed by atoms with E-state index in [4.69, 9.17) is 0 Å². The molecule has 2 fully saturated rings. The Kier molecular flexibility index (Phi) is 3.78. The summed E-state index contributed by atoms with van der Waals surface area (Å²) in [6.07, 6.45) is 4.81. The zero-order valence-corrected chi connectivity index (χ0v) is 12.8. The number of likely N-dealkylation sites (tertiary alicyclic amines) is 1. The average Bonchev–Trinajstić information content (AvgIpc) is 2.47. The van der Waals surface area contributed by atoms with Crippen LogP contribution in [0.15, 0.2) is 30.3 Å². The SMILES string of the molecule is C[C@]1(c2ccccc2)CCC(=O)N(CC2(CO)CCC2)C1. The minimum Gasteiger partial charge on any atom is -0.396 e. The van der Waals surface area contributed by atoms with Crippen LogP contribution in [-0.2, 0) is 10.2 Å². The fourth-order valence-electron chi connectivity index (χ4n) is 3.80. The first-order chi connectivity index (χ1) is 10.1. The zero-order valence-electron chi connectivity index (χ0n) is 12.8. The van der Waals surface area contributed by atoms with E-state index in [0.29, 0.717) is 6.42 Å². The highest BCUT2D eigenvalue weighted by Crippen LogP contribution is 2.43. The van der Waals surface area contributed by atoms with Gasteiger partial charge in [-0.1, -0.05) is 43.7 Å². The normalized spacial score (nSPS) is 28.3. The van der Waals surface area contributed by atoms with Crippen LogP contribution in [0, 0.1) is 5.41 Å². The Morgan fingerprint density at radius 2 is 1.90 bits per heavy atom. The molecule has 1 aliphatic carbocycles. The van der Waals surface area contributed by atoms with Gasteiger partial charge in [-0.3, -0.25) is 4.79 Å². The van der Waals surface area contributed by atoms with Crippen molar-refractivity contribution in [1.29, 1.82) is 0 Å². The predicted octanol–water partition coefficient (Wildman–Crippen LogP) is 2.73. The molecule has 0 bridgehead atoms. The van der Waals surface area contributed by atoms with Crippen LogP contribution in [-0.4, -0.2) is 35.6 Å². The summed E-state index contributed by atoms with van der Waals surface area (Å²) in [6, 6.07) is 10.5. The molecule has 1 saturated heterocycles.